The van der Waals surface area contributed by atoms with E-state index >= 15 is 0 Å². The van der Waals surface area contributed by atoms with Crippen molar-refractivity contribution in [3.8, 4) is 0 Å². The average molecular weight is 247 g/mol. The van der Waals surface area contributed by atoms with E-state index in [4.69, 9.17) is 0 Å². The van der Waals surface area contributed by atoms with Crippen LogP contribution in [0.4, 0.5) is 0 Å². The zero-order valence-electron chi connectivity index (χ0n) is 9.92. The minimum absolute atomic E-state index is 0.251. The zero-order chi connectivity index (χ0) is 13.1. The van der Waals surface area contributed by atoms with E-state index in [1.807, 2.05) is 0 Å². The molecule has 0 bridgehead atoms. The van der Waals surface area contributed by atoms with Gasteiger partial charge in [0.25, 0.3) is 5.91 Å². The van der Waals surface area contributed by atoms with Crippen LogP contribution < -0.4 is 5.32 Å². The van der Waals surface area contributed by atoms with Crippen molar-refractivity contribution in [3.05, 3.63) is 30.1 Å². The number of carbonyl (C=O) groups is 3. The maximum Gasteiger partial charge on any atom is 0.255 e. The van der Waals surface area contributed by atoms with Crippen molar-refractivity contribution < 1.29 is 14.4 Å². The molecule has 1 aliphatic rings. The minimum atomic E-state index is -0.601. The molecule has 1 fully saturated rings. The first-order chi connectivity index (χ1) is 8.59. The lowest BCUT2D eigenvalue weighted by molar-refractivity contribution is -0.136. The van der Waals surface area contributed by atoms with Crippen LogP contribution >= 0.6 is 0 Å². The lowest BCUT2D eigenvalue weighted by Gasteiger charge is -2.29. The maximum absolute atomic E-state index is 12.1. The number of pyridine rings is 1. The lowest BCUT2D eigenvalue weighted by atomic mass is 10.0. The van der Waals surface area contributed by atoms with Gasteiger partial charge in [-0.2, -0.15) is 0 Å². The molecule has 18 heavy (non-hydrogen) atoms. The summed E-state index contributed by atoms with van der Waals surface area (Å²) in [6.07, 6.45) is 3.63. The Kier molecular flexibility index (Phi) is 3.36. The fraction of sp³-hybridized carbons (Fsp3) is 0.333. The van der Waals surface area contributed by atoms with Crippen LogP contribution in [0.2, 0.25) is 0 Å². The van der Waals surface area contributed by atoms with E-state index in [2.05, 4.69) is 10.3 Å². The van der Waals surface area contributed by atoms with Gasteiger partial charge in [0.15, 0.2) is 0 Å². The summed E-state index contributed by atoms with van der Waals surface area (Å²) in [5, 5.41) is 2.23. The first-order valence-electron chi connectivity index (χ1n) is 5.60. The average Bonchev–Trinajstić information content (AvgIpc) is 2.38. The number of nitrogens with zero attached hydrogens (tertiary/aromatic N) is 2. The molecular weight excluding hydrogens is 234 g/mol. The van der Waals surface area contributed by atoms with Crippen LogP contribution in [0.15, 0.2) is 24.5 Å². The van der Waals surface area contributed by atoms with Crippen molar-refractivity contribution in [2.45, 2.75) is 18.9 Å². The third-order valence-electron chi connectivity index (χ3n) is 2.91. The summed E-state index contributed by atoms with van der Waals surface area (Å²) in [7, 11) is 1.55. The molecule has 3 amide bonds. The van der Waals surface area contributed by atoms with E-state index in [0.29, 0.717) is 12.0 Å². The topological polar surface area (TPSA) is 79.4 Å². The van der Waals surface area contributed by atoms with Crippen LogP contribution in [-0.2, 0) is 9.59 Å². The molecule has 1 saturated heterocycles. The maximum atomic E-state index is 12.1. The van der Waals surface area contributed by atoms with Gasteiger partial charge in [-0.1, -0.05) is 0 Å². The summed E-state index contributed by atoms with van der Waals surface area (Å²) in [5.74, 6) is -0.998. The molecule has 2 heterocycles. The van der Waals surface area contributed by atoms with Gasteiger partial charge in [-0.25, -0.2) is 0 Å². The van der Waals surface area contributed by atoms with E-state index in [-0.39, 0.29) is 18.2 Å². The van der Waals surface area contributed by atoms with Gasteiger partial charge in [0.1, 0.15) is 6.04 Å². The number of imide groups is 1. The Morgan fingerprint density at radius 3 is 2.89 bits per heavy atom. The SMILES string of the molecule is CN(C(=O)c1cccnc1)C1CCC(=O)NC1=O. The van der Waals surface area contributed by atoms with Crippen LogP contribution in [0, 0.1) is 0 Å². The standard InChI is InChI=1S/C12H13N3O3/c1-15(9-4-5-10(16)14-11(9)17)12(18)8-3-2-6-13-7-8/h2-3,6-7,9H,4-5H2,1H3,(H,14,16,17). The predicted molar refractivity (Wildman–Crippen MR) is 62.5 cm³/mol. The Balaban J connectivity index is 2.12. The monoisotopic (exact) mass is 247 g/mol. The molecule has 0 spiro atoms. The van der Waals surface area contributed by atoms with Crippen LogP contribution in [0.3, 0.4) is 0 Å². The quantitative estimate of drug-likeness (QED) is 0.744. The smallest absolute Gasteiger partial charge is 0.255 e. The van der Waals surface area contributed by atoms with Gasteiger partial charge in [-0.05, 0) is 18.6 Å². The number of hydrogen-bond donors (Lipinski definition) is 1. The van der Waals surface area contributed by atoms with Crippen LogP contribution in [-0.4, -0.2) is 40.7 Å². The van der Waals surface area contributed by atoms with Crippen LogP contribution in [0.5, 0.6) is 0 Å². The van der Waals surface area contributed by atoms with E-state index in [9.17, 15) is 14.4 Å². The number of carbonyl (C=O) groups excluding carboxylic acids is 3. The van der Waals surface area contributed by atoms with Crippen molar-refractivity contribution in [3.63, 3.8) is 0 Å². The lowest BCUT2D eigenvalue weighted by Crippen LogP contribution is -2.52. The number of nitrogens with one attached hydrogen (secondary N) is 1. The predicted octanol–water partition coefficient (Wildman–Crippen LogP) is -0.0412. The van der Waals surface area contributed by atoms with Crippen molar-refractivity contribution in [1.82, 2.24) is 15.2 Å². The van der Waals surface area contributed by atoms with E-state index in [1.165, 1.54) is 11.1 Å². The fourth-order valence-corrected chi connectivity index (χ4v) is 1.89. The molecule has 6 heteroatoms. The number of piperidine rings is 1. The first kappa shape index (κ1) is 12.2. The summed E-state index contributed by atoms with van der Waals surface area (Å²) in [5.41, 5.74) is 0.421. The highest BCUT2D eigenvalue weighted by molar-refractivity contribution is 6.03. The first-order valence-corrected chi connectivity index (χ1v) is 5.60. The summed E-state index contributed by atoms with van der Waals surface area (Å²) in [4.78, 5) is 40.0. The van der Waals surface area contributed by atoms with Gasteiger partial charge < -0.3 is 4.90 Å². The van der Waals surface area contributed by atoms with Gasteiger partial charge in [0.05, 0.1) is 5.56 Å². The van der Waals surface area contributed by atoms with Crippen molar-refractivity contribution in [1.29, 1.82) is 0 Å². The molecule has 0 aliphatic carbocycles. The van der Waals surface area contributed by atoms with Gasteiger partial charge >= 0.3 is 0 Å². The number of hydrogen-bond acceptors (Lipinski definition) is 4. The molecule has 2 rings (SSSR count). The second-order valence-corrected chi connectivity index (χ2v) is 4.12. The molecule has 1 aromatic rings. The number of aromatic nitrogens is 1. The molecular formula is C12H13N3O3. The molecule has 0 aromatic carbocycles. The van der Waals surface area contributed by atoms with E-state index in [1.54, 1.807) is 25.4 Å². The Bertz CT molecular complexity index is 487. The molecule has 1 aromatic heterocycles. The van der Waals surface area contributed by atoms with E-state index in [0.717, 1.165) is 0 Å². The Morgan fingerprint density at radius 1 is 1.50 bits per heavy atom. The van der Waals surface area contributed by atoms with Crippen molar-refractivity contribution in [2.24, 2.45) is 0 Å². The van der Waals surface area contributed by atoms with Crippen LogP contribution in [0.1, 0.15) is 23.2 Å². The summed E-state index contributed by atoms with van der Waals surface area (Å²) < 4.78 is 0. The number of rotatable bonds is 2. The van der Waals surface area contributed by atoms with Gasteiger partial charge in [0, 0.05) is 25.9 Å². The van der Waals surface area contributed by atoms with Gasteiger partial charge in [0.2, 0.25) is 11.8 Å². The Labute approximate surface area is 104 Å². The third kappa shape index (κ3) is 2.37. The fourth-order valence-electron chi connectivity index (χ4n) is 1.89. The summed E-state index contributed by atoms with van der Waals surface area (Å²) >= 11 is 0. The highest BCUT2D eigenvalue weighted by Crippen LogP contribution is 2.13. The molecule has 0 radical (unpaired) electrons. The molecule has 1 aliphatic heterocycles. The summed E-state index contributed by atoms with van der Waals surface area (Å²) in [6.45, 7) is 0. The largest absolute Gasteiger partial charge is 0.330 e. The molecule has 1 N–H and O–H groups in total. The zero-order valence-corrected chi connectivity index (χ0v) is 9.92. The van der Waals surface area contributed by atoms with Gasteiger partial charge in [-0.3, -0.25) is 24.7 Å². The Hall–Kier alpha value is -2.24. The molecule has 1 unspecified atom stereocenters. The van der Waals surface area contributed by atoms with Crippen molar-refractivity contribution >= 4 is 17.7 Å². The van der Waals surface area contributed by atoms with Gasteiger partial charge in [-0.15, -0.1) is 0 Å². The Morgan fingerprint density at radius 2 is 2.28 bits per heavy atom. The molecule has 0 saturated carbocycles. The molecule has 94 valence electrons. The third-order valence-corrected chi connectivity index (χ3v) is 2.91. The normalized spacial score (nSPS) is 19.3. The summed E-state index contributed by atoms with van der Waals surface area (Å²) in [6, 6.07) is 2.69. The molecule has 6 nitrogen and oxygen atoms in total. The molecule has 1 atom stereocenters. The number of likely N-dealkylation sites (N-methyl/N-ethyl adjacent to an activating group) is 1. The minimum Gasteiger partial charge on any atom is -0.330 e. The second-order valence-electron chi connectivity index (χ2n) is 4.12. The highest BCUT2D eigenvalue weighted by Gasteiger charge is 2.32. The van der Waals surface area contributed by atoms with Crippen LogP contribution in [0.25, 0.3) is 0 Å². The second kappa shape index (κ2) is 4.95. The van der Waals surface area contributed by atoms with E-state index < -0.39 is 11.9 Å². The number of amides is 3. The van der Waals surface area contributed by atoms with Crippen molar-refractivity contribution in [2.75, 3.05) is 7.05 Å². The highest BCUT2D eigenvalue weighted by atomic mass is 16.2.